The average molecular weight is 189 g/mol. The number of phenolic OH excluding ortho intramolecular Hbond substituents is 1. The summed E-state index contributed by atoms with van der Waals surface area (Å²) in [6, 6.07) is 7.17. The predicted octanol–water partition coefficient (Wildman–Crippen LogP) is 2.85. The zero-order valence-corrected chi connectivity index (χ0v) is 8.83. The summed E-state index contributed by atoms with van der Waals surface area (Å²) in [5.74, 6) is 0.0603. The SMILES string of the molecule is CC(C)(C)Cc1ccc(O)c(C#N)c1. The monoisotopic (exact) mass is 189 g/mol. The molecule has 2 heteroatoms. The van der Waals surface area contributed by atoms with Crippen LogP contribution in [-0.4, -0.2) is 5.11 Å². The number of phenols is 1. The van der Waals surface area contributed by atoms with Crippen molar-refractivity contribution >= 4 is 0 Å². The van der Waals surface area contributed by atoms with E-state index in [1.165, 1.54) is 0 Å². The first-order valence-electron chi connectivity index (χ1n) is 4.64. The van der Waals surface area contributed by atoms with E-state index >= 15 is 0 Å². The third-order valence-corrected chi connectivity index (χ3v) is 1.92. The minimum absolute atomic E-state index is 0.0603. The standard InChI is InChI=1S/C12H15NO/c1-12(2,3)7-9-4-5-11(14)10(6-9)8-13/h4-6,14H,7H2,1-3H3. The van der Waals surface area contributed by atoms with E-state index < -0.39 is 0 Å². The molecule has 0 saturated heterocycles. The van der Waals surface area contributed by atoms with Crippen LogP contribution >= 0.6 is 0 Å². The molecule has 0 aliphatic heterocycles. The highest BCUT2D eigenvalue weighted by Crippen LogP contribution is 2.24. The van der Waals surface area contributed by atoms with Gasteiger partial charge in [0.2, 0.25) is 0 Å². The van der Waals surface area contributed by atoms with Gasteiger partial charge in [-0.05, 0) is 29.5 Å². The third kappa shape index (κ3) is 2.77. The van der Waals surface area contributed by atoms with Crippen LogP contribution in [0.4, 0.5) is 0 Å². The van der Waals surface area contributed by atoms with Gasteiger partial charge in [-0.2, -0.15) is 5.26 Å². The number of nitrogens with zero attached hydrogens (tertiary/aromatic N) is 1. The van der Waals surface area contributed by atoms with E-state index in [0.29, 0.717) is 5.56 Å². The van der Waals surface area contributed by atoms with Crippen molar-refractivity contribution in [1.29, 1.82) is 5.26 Å². The molecule has 0 spiro atoms. The van der Waals surface area contributed by atoms with E-state index in [-0.39, 0.29) is 11.2 Å². The van der Waals surface area contributed by atoms with Gasteiger partial charge in [-0.3, -0.25) is 0 Å². The van der Waals surface area contributed by atoms with Crippen molar-refractivity contribution < 1.29 is 5.11 Å². The summed E-state index contributed by atoms with van der Waals surface area (Å²) in [5.41, 5.74) is 1.64. The lowest BCUT2D eigenvalue weighted by Gasteiger charge is -2.18. The Labute approximate surface area is 84.8 Å². The summed E-state index contributed by atoms with van der Waals surface area (Å²) in [6.07, 6.45) is 0.905. The number of benzene rings is 1. The van der Waals surface area contributed by atoms with E-state index in [9.17, 15) is 5.11 Å². The summed E-state index contributed by atoms with van der Waals surface area (Å²) in [7, 11) is 0. The Bertz CT molecular complexity index is 369. The molecular formula is C12H15NO. The summed E-state index contributed by atoms with van der Waals surface area (Å²) in [4.78, 5) is 0. The van der Waals surface area contributed by atoms with Gasteiger partial charge in [0.1, 0.15) is 11.8 Å². The van der Waals surface area contributed by atoms with E-state index in [0.717, 1.165) is 12.0 Å². The molecule has 0 aliphatic rings. The minimum atomic E-state index is 0.0603. The van der Waals surface area contributed by atoms with E-state index in [2.05, 4.69) is 20.8 Å². The molecule has 0 aliphatic carbocycles. The van der Waals surface area contributed by atoms with Crippen LogP contribution in [0.15, 0.2) is 18.2 Å². The van der Waals surface area contributed by atoms with Crippen LogP contribution in [0, 0.1) is 16.7 Å². The first kappa shape index (κ1) is 10.6. The van der Waals surface area contributed by atoms with Crippen LogP contribution < -0.4 is 0 Å². The van der Waals surface area contributed by atoms with E-state index in [1.807, 2.05) is 12.1 Å². The smallest absolute Gasteiger partial charge is 0.133 e. The van der Waals surface area contributed by atoms with Crippen LogP contribution in [0.2, 0.25) is 0 Å². The Hall–Kier alpha value is -1.49. The first-order valence-corrected chi connectivity index (χ1v) is 4.64. The first-order chi connectivity index (χ1) is 6.42. The fourth-order valence-electron chi connectivity index (χ4n) is 1.40. The summed E-state index contributed by atoms with van der Waals surface area (Å²) in [6.45, 7) is 6.43. The van der Waals surface area contributed by atoms with Gasteiger partial charge >= 0.3 is 0 Å². The molecule has 0 amide bonds. The van der Waals surface area contributed by atoms with Crippen LogP contribution in [0.25, 0.3) is 0 Å². The molecule has 14 heavy (non-hydrogen) atoms. The number of nitriles is 1. The Balaban J connectivity index is 2.97. The normalized spacial score (nSPS) is 11.0. The van der Waals surface area contributed by atoms with Gasteiger partial charge < -0.3 is 5.11 Å². The van der Waals surface area contributed by atoms with Crippen molar-refractivity contribution in [2.75, 3.05) is 0 Å². The molecular weight excluding hydrogens is 174 g/mol. The topological polar surface area (TPSA) is 44.0 Å². The van der Waals surface area contributed by atoms with Crippen molar-refractivity contribution in [3.05, 3.63) is 29.3 Å². The maximum atomic E-state index is 9.31. The molecule has 0 atom stereocenters. The number of rotatable bonds is 1. The molecule has 1 aromatic rings. The lowest BCUT2D eigenvalue weighted by atomic mass is 9.88. The van der Waals surface area contributed by atoms with Crippen molar-refractivity contribution in [2.45, 2.75) is 27.2 Å². The highest BCUT2D eigenvalue weighted by molar-refractivity contribution is 5.44. The summed E-state index contributed by atoms with van der Waals surface area (Å²) in [5, 5.41) is 18.0. The van der Waals surface area contributed by atoms with E-state index in [4.69, 9.17) is 5.26 Å². The van der Waals surface area contributed by atoms with Gasteiger partial charge in [0, 0.05) is 0 Å². The van der Waals surface area contributed by atoms with Gasteiger partial charge in [-0.25, -0.2) is 0 Å². The van der Waals surface area contributed by atoms with Gasteiger partial charge in [0.15, 0.2) is 0 Å². The second kappa shape index (κ2) is 3.71. The molecule has 0 unspecified atom stereocenters. The summed E-state index contributed by atoms with van der Waals surface area (Å²) >= 11 is 0. The summed E-state index contributed by atoms with van der Waals surface area (Å²) < 4.78 is 0. The van der Waals surface area contributed by atoms with Crippen LogP contribution in [0.5, 0.6) is 5.75 Å². The Kier molecular flexibility index (Phi) is 2.81. The van der Waals surface area contributed by atoms with Crippen LogP contribution in [-0.2, 0) is 6.42 Å². The predicted molar refractivity (Wildman–Crippen MR) is 56.0 cm³/mol. The quantitative estimate of drug-likeness (QED) is 0.738. The molecule has 1 N–H and O–H groups in total. The zero-order chi connectivity index (χ0) is 10.8. The number of aromatic hydroxyl groups is 1. The van der Waals surface area contributed by atoms with Crippen LogP contribution in [0.3, 0.4) is 0 Å². The number of hydrogen-bond acceptors (Lipinski definition) is 2. The molecule has 0 saturated carbocycles. The molecule has 0 heterocycles. The highest BCUT2D eigenvalue weighted by atomic mass is 16.3. The van der Waals surface area contributed by atoms with Gasteiger partial charge in [0.05, 0.1) is 5.56 Å². The molecule has 74 valence electrons. The van der Waals surface area contributed by atoms with Gasteiger partial charge in [-0.1, -0.05) is 26.8 Å². The van der Waals surface area contributed by atoms with E-state index in [1.54, 1.807) is 12.1 Å². The maximum Gasteiger partial charge on any atom is 0.133 e. The third-order valence-electron chi connectivity index (χ3n) is 1.92. The lowest BCUT2D eigenvalue weighted by molar-refractivity contribution is 0.410. The maximum absolute atomic E-state index is 9.31. The average Bonchev–Trinajstić information content (AvgIpc) is 2.06. The minimum Gasteiger partial charge on any atom is -0.507 e. The fourth-order valence-corrected chi connectivity index (χ4v) is 1.40. The van der Waals surface area contributed by atoms with Crippen molar-refractivity contribution in [1.82, 2.24) is 0 Å². The molecule has 1 rings (SSSR count). The largest absolute Gasteiger partial charge is 0.507 e. The Morgan fingerprint density at radius 2 is 2.00 bits per heavy atom. The molecule has 1 aromatic carbocycles. The van der Waals surface area contributed by atoms with Crippen molar-refractivity contribution in [2.24, 2.45) is 5.41 Å². The number of hydrogen-bond donors (Lipinski definition) is 1. The van der Waals surface area contributed by atoms with Gasteiger partial charge in [-0.15, -0.1) is 0 Å². The zero-order valence-electron chi connectivity index (χ0n) is 8.83. The van der Waals surface area contributed by atoms with Crippen LogP contribution in [0.1, 0.15) is 31.9 Å². The fraction of sp³-hybridized carbons (Fsp3) is 0.417. The lowest BCUT2D eigenvalue weighted by Crippen LogP contribution is -2.09. The Morgan fingerprint density at radius 3 is 2.50 bits per heavy atom. The van der Waals surface area contributed by atoms with Gasteiger partial charge in [0.25, 0.3) is 0 Å². The molecule has 0 aromatic heterocycles. The molecule has 0 radical (unpaired) electrons. The second-order valence-corrected chi connectivity index (χ2v) is 4.70. The molecule has 0 bridgehead atoms. The van der Waals surface area contributed by atoms with Crippen molar-refractivity contribution in [3.63, 3.8) is 0 Å². The van der Waals surface area contributed by atoms with Crippen molar-refractivity contribution in [3.8, 4) is 11.8 Å². The highest BCUT2D eigenvalue weighted by Gasteiger charge is 2.12. The second-order valence-electron chi connectivity index (χ2n) is 4.70. The molecule has 2 nitrogen and oxygen atoms in total. The molecule has 0 fully saturated rings. The Morgan fingerprint density at radius 1 is 1.36 bits per heavy atom.